The van der Waals surface area contributed by atoms with Crippen molar-refractivity contribution in [3.63, 3.8) is 0 Å². The molecule has 0 aliphatic heterocycles. The molecule has 0 amide bonds. The van der Waals surface area contributed by atoms with Gasteiger partial charge in [0.05, 0.1) is 17.2 Å². The second-order valence-corrected chi connectivity index (χ2v) is 5.19. The van der Waals surface area contributed by atoms with E-state index in [1.165, 1.54) is 0 Å². The number of aliphatic hydroxyl groups excluding tert-OH is 1. The second kappa shape index (κ2) is 4.43. The highest BCUT2D eigenvalue weighted by Gasteiger charge is 2.08. The summed E-state index contributed by atoms with van der Waals surface area (Å²) in [4.78, 5) is 5.42. The van der Waals surface area contributed by atoms with Crippen LogP contribution in [0, 0.1) is 6.92 Å². The minimum Gasteiger partial charge on any atom is -0.389 e. The summed E-state index contributed by atoms with van der Waals surface area (Å²) in [6.07, 6.45) is 0. The zero-order valence-corrected chi connectivity index (χ0v) is 10.6. The van der Waals surface area contributed by atoms with E-state index in [0.717, 1.165) is 25.6 Å². The smallest absolute Gasteiger partial charge is 0.119 e. The van der Waals surface area contributed by atoms with Crippen molar-refractivity contribution in [1.82, 2.24) is 4.98 Å². The van der Waals surface area contributed by atoms with Crippen molar-refractivity contribution >= 4 is 27.3 Å². The molecule has 0 spiro atoms. The van der Waals surface area contributed by atoms with Gasteiger partial charge in [0.15, 0.2) is 0 Å². The highest BCUT2D eigenvalue weighted by molar-refractivity contribution is 9.10. The van der Waals surface area contributed by atoms with Gasteiger partial charge in [-0.05, 0) is 24.6 Å². The number of halogens is 1. The Bertz CT molecular complexity index is 464. The molecule has 0 fully saturated rings. The third-order valence-electron chi connectivity index (χ3n) is 2.08. The number of nitrogens with zero attached hydrogens (tertiary/aromatic N) is 1. The van der Waals surface area contributed by atoms with Crippen LogP contribution in [0.4, 0.5) is 0 Å². The normalized spacial score (nSPS) is 10.6. The Kier molecular flexibility index (Phi) is 3.19. The van der Waals surface area contributed by atoms with Gasteiger partial charge in [-0.3, -0.25) is 0 Å². The average molecular weight is 284 g/mol. The maximum Gasteiger partial charge on any atom is 0.119 e. The van der Waals surface area contributed by atoms with Crippen LogP contribution in [0.3, 0.4) is 0 Å². The lowest BCUT2D eigenvalue weighted by molar-refractivity contribution is 0.281. The van der Waals surface area contributed by atoms with Crippen LogP contribution in [0.1, 0.15) is 10.7 Å². The fourth-order valence-corrected chi connectivity index (χ4v) is 2.58. The molecule has 2 nitrogen and oxygen atoms in total. The van der Waals surface area contributed by atoms with Crippen molar-refractivity contribution in [3.05, 3.63) is 39.4 Å². The Hall–Kier alpha value is -0.710. The van der Waals surface area contributed by atoms with Crippen molar-refractivity contribution in [1.29, 1.82) is 0 Å². The topological polar surface area (TPSA) is 33.1 Å². The van der Waals surface area contributed by atoms with Crippen LogP contribution in [0.2, 0.25) is 0 Å². The molecule has 2 aromatic rings. The second-order valence-electron chi connectivity index (χ2n) is 3.19. The molecule has 1 aromatic heterocycles. The molecule has 15 heavy (non-hydrogen) atoms. The number of hydrogen-bond donors (Lipinski definition) is 1. The van der Waals surface area contributed by atoms with Crippen LogP contribution in [0.25, 0.3) is 10.4 Å². The van der Waals surface area contributed by atoms with Crippen LogP contribution >= 0.6 is 27.3 Å². The molecule has 0 aliphatic carbocycles. The molecule has 0 bridgehead atoms. The summed E-state index contributed by atoms with van der Waals surface area (Å²) < 4.78 is 1.07. The van der Waals surface area contributed by atoms with Crippen molar-refractivity contribution in [2.24, 2.45) is 0 Å². The van der Waals surface area contributed by atoms with Crippen molar-refractivity contribution in [2.75, 3.05) is 0 Å². The molecule has 0 aliphatic rings. The molecule has 0 unspecified atom stereocenters. The Labute approximate surface area is 101 Å². The van der Waals surface area contributed by atoms with E-state index in [9.17, 15) is 0 Å². The quantitative estimate of drug-likeness (QED) is 0.917. The number of benzene rings is 1. The number of hydrogen-bond acceptors (Lipinski definition) is 3. The Morgan fingerprint density at radius 3 is 2.53 bits per heavy atom. The van der Waals surface area contributed by atoms with Gasteiger partial charge in [0.1, 0.15) is 5.01 Å². The van der Waals surface area contributed by atoms with Gasteiger partial charge in [-0.15, -0.1) is 11.3 Å². The molecule has 0 atom stereocenters. The van der Waals surface area contributed by atoms with Gasteiger partial charge in [0.25, 0.3) is 0 Å². The number of thiazole rings is 1. The number of rotatable bonds is 2. The predicted octanol–water partition coefficient (Wildman–Crippen LogP) is 3.37. The minimum absolute atomic E-state index is 0.0159. The highest BCUT2D eigenvalue weighted by atomic mass is 79.9. The maximum atomic E-state index is 9.01. The molecule has 1 aromatic carbocycles. The van der Waals surface area contributed by atoms with E-state index in [1.54, 1.807) is 11.3 Å². The van der Waals surface area contributed by atoms with E-state index in [4.69, 9.17) is 5.11 Å². The van der Waals surface area contributed by atoms with Crippen molar-refractivity contribution in [2.45, 2.75) is 13.5 Å². The predicted molar refractivity (Wildman–Crippen MR) is 65.9 cm³/mol. The third kappa shape index (κ3) is 2.27. The molecular formula is C11H10BrNOS. The van der Waals surface area contributed by atoms with Crippen LogP contribution in [-0.2, 0) is 6.61 Å². The number of aromatic nitrogens is 1. The lowest BCUT2D eigenvalue weighted by Crippen LogP contribution is -1.80. The molecule has 0 saturated carbocycles. The van der Waals surface area contributed by atoms with Gasteiger partial charge < -0.3 is 5.11 Å². The van der Waals surface area contributed by atoms with E-state index >= 15 is 0 Å². The van der Waals surface area contributed by atoms with Crippen LogP contribution in [0.15, 0.2) is 28.7 Å². The van der Waals surface area contributed by atoms with Gasteiger partial charge in [0, 0.05) is 4.47 Å². The lowest BCUT2D eigenvalue weighted by atomic mass is 10.2. The maximum absolute atomic E-state index is 9.01. The Morgan fingerprint density at radius 2 is 2.00 bits per heavy atom. The SMILES string of the molecule is Cc1nc(CO)sc1-c1ccc(Br)cc1. The van der Waals surface area contributed by atoms with Gasteiger partial charge in [-0.2, -0.15) is 0 Å². The summed E-state index contributed by atoms with van der Waals surface area (Å²) in [5.41, 5.74) is 2.12. The Balaban J connectivity index is 2.44. The van der Waals surface area contributed by atoms with Gasteiger partial charge in [-0.1, -0.05) is 28.1 Å². The molecular weight excluding hydrogens is 274 g/mol. The number of aryl methyl sites for hydroxylation is 1. The summed E-state index contributed by atoms with van der Waals surface area (Å²) >= 11 is 4.95. The fourth-order valence-electron chi connectivity index (χ4n) is 1.39. The van der Waals surface area contributed by atoms with Crippen LogP contribution in [0.5, 0.6) is 0 Å². The lowest BCUT2D eigenvalue weighted by Gasteiger charge is -1.98. The van der Waals surface area contributed by atoms with Crippen molar-refractivity contribution in [3.8, 4) is 10.4 Å². The van der Waals surface area contributed by atoms with E-state index in [-0.39, 0.29) is 6.61 Å². The molecule has 0 radical (unpaired) electrons. The molecule has 1 heterocycles. The molecule has 1 N–H and O–H groups in total. The van der Waals surface area contributed by atoms with Gasteiger partial charge in [-0.25, -0.2) is 4.98 Å². The van der Waals surface area contributed by atoms with Crippen LogP contribution in [-0.4, -0.2) is 10.1 Å². The molecule has 0 saturated heterocycles. The molecule has 2 rings (SSSR count). The van der Waals surface area contributed by atoms with E-state index in [0.29, 0.717) is 0 Å². The highest BCUT2D eigenvalue weighted by Crippen LogP contribution is 2.30. The zero-order valence-electron chi connectivity index (χ0n) is 8.20. The Morgan fingerprint density at radius 1 is 1.33 bits per heavy atom. The van der Waals surface area contributed by atoms with Gasteiger partial charge >= 0.3 is 0 Å². The third-order valence-corrected chi connectivity index (χ3v) is 3.80. The summed E-state index contributed by atoms with van der Waals surface area (Å²) in [5, 5.41) is 9.78. The summed E-state index contributed by atoms with van der Waals surface area (Å²) in [6, 6.07) is 8.11. The van der Waals surface area contributed by atoms with E-state index < -0.39 is 0 Å². The first-order valence-corrected chi connectivity index (χ1v) is 6.15. The van der Waals surface area contributed by atoms with E-state index in [1.807, 2.05) is 31.2 Å². The van der Waals surface area contributed by atoms with Gasteiger partial charge in [0.2, 0.25) is 0 Å². The summed E-state index contributed by atoms with van der Waals surface area (Å²) in [7, 11) is 0. The largest absolute Gasteiger partial charge is 0.389 e. The van der Waals surface area contributed by atoms with Crippen molar-refractivity contribution < 1.29 is 5.11 Å². The molecule has 4 heteroatoms. The first-order chi connectivity index (χ1) is 7.20. The molecule has 78 valence electrons. The fraction of sp³-hybridized carbons (Fsp3) is 0.182. The first-order valence-electron chi connectivity index (χ1n) is 4.54. The monoisotopic (exact) mass is 283 g/mol. The zero-order chi connectivity index (χ0) is 10.8. The van der Waals surface area contributed by atoms with E-state index in [2.05, 4.69) is 20.9 Å². The summed E-state index contributed by atoms with van der Waals surface area (Å²) in [6.45, 7) is 1.98. The average Bonchev–Trinajstić information content (AvgIpc) is 2.61. The first kappa shape index (κ1) is 10.8. The summed E-state index contributed by atoms with van der Waals surface area (Å²) in [5.74, 6) is 0. The number of aliphatic hydroxyl groups is 1. The minimum atomic E-state index is 0.0159. The van der Waals surface area contributed by atoms with Crippen LogP contribution < -0.4 is 0 Å². The standard InChI is InChI=1S/C11H10BrNOS/c1-7-11(15-10(6-14)13-7)8-2-4-9(12)5-3-8/h2-5,14H,6H2,1H3.